The first kappa shape index (κ1) is 11.9. The summed E-state index contributed by atoms with van der Waals surface area (Å²) in [6.07, 6.45) is 6.19. The van der Waals surface area contributed by atoms with Crippen LogP contribution in [0.4, 0.5) is 0 Å². The van der Waals surface area contributed by atoms with E-state index in [4.69, 9.17) is 0 Å². The van der Waals surface area contributed by atoms with Crippen LogP contribution in [-0.4, -0.2) is 49.6 Å². The zero-order valence-electron chi connectivity index (χ0n) is 10.2. The molecule has 0 radical (unpaired) electrons. The Morgan fingerprint density at radius 2 is 2.06 bits per heavy atom. The van der Waals surface area contributed by atoms with Crippen LogP contribution < -0.4 is 10.6 Å². The minimum atomic E-state index is 0.0238. The van der Waals surface area contributed by atoms with Gasteiger partial charge in [0.15, 0.2) is 0 Å². The van der Waals surface area contributed by atoms with Crippen molar-refractivity contribution < 1.29 is 4.79 Å². The number of piperazine rings is 1. The lowest BCUT2D eigenvalue weighted by molar-refractivity contribution is -0.127. The maximum Gasteiger partial charge on any atom is 0.238 e. The highest BCUT2D eigenvalue weighted by Gasteiger charge is 2.27. The van der Waals surface area contributed by atoms with Crippen LogP contribution in [0.1, 0.15) is 32.1 Å². The second kappa shape index (κ2) is 5.64. The monoisotopic (exact) mass is 225 g/mol. The number of nitrogens with one attached hydrogen (secondary N) is 2. The van der Waals surface area contributed by atoms with Crippen LogP contribution in [0.25, 0.3) is 0 Å². The summed E-state index contributed by atoms with van der Waals surface area (Å²) in [6.45, 7) is 2.74. The van der Waals surface area contributed by atoms with Gasteiger partial charge in [-0.15, -0.1) is 0 Å². The Bertz CT molecular complexity index is 238. The van der Waals surface area contributed by atoms with Gasteiger partial charge in [0, 0.05) is 25.7 Å². The minimum Gasteiger partial charge on any atom is -0.352 e. The van der Waals surface area contributed by atoms with Crippen LogP contribution >= 0.6 is 0 Å². The molecule has 16 heavy (non-hydrogen) atoms. The van der Waals surface area contributed by atoms with E-state index in [1.165, 1.54) is 19.3 Å². The fourth-order valence-corrected chi connectivity index (χ4v) is 2.64. The molecule has 4 nitrogen and oxygen atoms in total. The van der Waals surface area contributed by atoms with Gasteiger partial charge in [-0.2, -0.15) is 0 Å². The summed E-state index contributed by atoms with van der Waals surface area (Å²) >= 11 is 0. The van der Waals surface area contributed by atoms with Crippen molar-refractivity contribution in [3.8, 4) is 0 Å². The highest BCUT2D eigenvalue weighted by atomic mass is 16.2. The van der Waals surface area contributed by atoms with Crippen LogP contribution in [0.15, 0.2) is 0 Å². The Morgan fingerprint density at radius 1 is 1.31 bits per heavy atom. The summed E-state index contributed by atoms with van der Waals surface area (Å²) in [4.78, 5) is 14.2. The summed E-state index contributed by atoms with van der Waals surface area (Å²) in [5, 5.41) is 6.48. The maximum atomic E-state index is 12.1. The van der Waals surface area contributed by atoms with Crippen LogP contribution in [-0.2, 0) is 4.79 Å². The SMILES string of the molecule is CN1CCNCC1C(=O)NC1CCCCC1. The smallest absolute Gasteiger partial charge is 0.238 e. The van der Waals surface area contributed by atoms with Gasteiger partial charge in [0.2, 0.25) is 5.91 Å². The van der Waals surface area contributed by atoms with Crippen LogP contribution in [0, 0.1) is 0 Å². The van der Waals surface area contributed by atoms with Gasteiger partial charge in [-0.3, -0.25) is 9.69 Å². The molecular weight excluding hydrogens is 202 g/mol. The van der Waals surface area contributed by atoms with Gasteiger partial charge < -0.3 is 10.6 Å². The van der Waals surface area contributed by atoms with E-state index in [0.29, 0.717) is 6.04 Å². The number of likely N-dealkylation sites (N-methyl/N-ethyl adjacent to an activating group) is 1. The first-order valence-corrected chi connectivity index (χ1v) is 6.48. The quantitative estimate of drug-likeness (QED) is 0.712. The van der Waals surface area contributed by atoms with E-state index < -0.39 is 0 Å². The zero-order valence-corrected chi connectivity index (χ0v) is 10.2. The maximum absolute atomic E-state index is 12.1. The molecule has 92 valence electrons. The molecule has 1 heterocycles. The minimum absolute atomic E-state index is 0.0238. The van der Waals surface area contributed by atoms with Gasteiger partial charge in [0.1, 0.15) is 6.04 Å². The van der Waals surface area contributed by atoms with Gasteiger partial charge in [0.05, 0.1) is 0 Å². The molecule has 1 aliphatic heterocycles. The highest BCUT2D eigenvalue weighted by molar-refractivity contribution is 5.82. The molecule has 0 bridgehead atoms. The van der Waals surface area contributed by atoms with E-state index >= 15 is 0 Å². The second-order valence-electron chi connectivity index (χ2n) is 5.04. The standard InChI is InChI=1S/C12H23N3O/c1-15-8-7-13-9-11(15)12(16)14-10-5-3-2-4-6-10/h10-11,13H,2-9H2,1H3,(H,14,16). The number of carbonyl (C=O) groups excluding carboxylic acids is 1. The molecule has 1 saturated carbocycles. The predicted octanol–water partition coefficient (Wildman–Crippen LogP) is 0.339. The first-order chi connectivity index (χ1) is 7.77. The molecule has 2 N–H and O–H groups in total. The zero-order chi connectivity index (χ0) is 11.4. The van der Waals surface area contributed by atoms with E-state index in [2.05, 4.69) is 15.5 Å². The lowest BCUT2D eigenvalue weighted by Gasteiger charge is -2.33. The van der Waals surface area contributed by atoms with E-state index in [0.717, 1.165) is 32.5 Å². The second-order valence-corrected chi connectivity index (χ2v) is 5.04. The van der Waals surface area contributed by atoms with E-state index in [1.807, 2.05) is 7.05 Å². The Morgan fingerprint density at radius 3 is 2.75 bits per heavy atom. The molecule has 4 heteroatoms. The summed E-state index contributed by atoms with van der Waals surface area (Å²) in [5.74, 6) is 0.210. The van der Waals surface area contributed by atoms with Crippen LogP contribution in [0.3, 0.4) is 0 Å². The molecule has 2 aliphatic rings. The summed E-state index contributed by atoms with van der Waals surface area (Å²) in [6, 6.07) is 0.451. The normalized spacial score (nSPS) is 28.9. The lowest BCUT2D eigenvalue weighted by atomic mass is 9.95. The third-order valence-corrected chi connectivity index (χ3v) is 3.77. The molecular formula is C12H23N3O. The van der Waals surface area contributed by atoms with E-state index in [9.17, 15) is 4.79 Å². The van der Waals surface area contributed by atoms with Gasteiger partial charge in [-0.1, -0.05) is 19.3 Å². The highest BCUT2D eigenvalue weighted by Crippen LogP contribution is 2.17. The van der Waals surface area contributed by atoms with Gasteiger partial charge in [-0.05, 0) is 19.9 Å². The molecule has 1 amide bonds. The van der Waals surface area contributed by atoms with E-state index in [1.54, 1.807) is 0 Å². The number of amides is 1. The molecule has 2 fully saturated rings. The molecule has 1 aliphatic carbocycles. The van der Waals surface area contributed by atoms with Crippen molar-refractivity contribution >= 4 is 5.91 Å². The van der Waals surface area contributed by atoms with Crippen molar-refractivity contribution in [1.29, 1.82) is 0 Å². The van der Waals surface area contributed by atoms with Crippen molar-refractivity contribution in [1.82, 2.24) is 15.5 Å². The molecule has 1 unspecified atom stereocenters. The van der Waals surface area contributed by atoms with Gasteiger partial charge in [0.25, 0.3) is 0 Å². The Hall–Kier alpha value is -0.610. The molecule has 0 aromatic carbocycles. The molecule has 2 rings (SSSR count). The molecule has 0 aromatic rings. The largest absolute Gasteiger partial charge is 0.352 e. The van der Waals surface area contributed by atoms with Crippen molar-refractivity contribution in [2.75, 3.05) is 26.7 Å². The van der Waals surface area contributed by atoms with Gasteiger partial charge >= 0.3 is 0 Å². The third-order valence-electron chi connectivity index (χ3n) is 3.77. The van der Waals surface area contributed by atoms with Gasteiger partial charge in [-0.25, -0.2) is 0 Å². The summed E-state index contributed by atoms with van der Waals surface area (Å²) in [7, 11) is 2.03. The number of hydrogen-bond acceptors (Lipinski definition) is 3. The van der Waals surface area contributed by atoms with E-state index in [-0.39, 0.29) is 11.9 Å². The number of hydrogen-bond donors (Lipinski definition) is 2. The average molecular weight is 225 g/mol. The molecule has 0 aromatic heterocycles. The number of carbonyl (C=O) groups is 1. The lowest BCUT2D eigenvalue weighted by Crippen LogP contribution is -2.57. The van der Waals surface area contributed by atoms with Crippen molar-refractivity contribution in [3.63, 3.8) is 0 Å². The van der Waals surface area contributed by atoms with Crippen LogP contribution in [0.5, 0.6) is 0 Å². The van der Waals surface area contributed by atoms with Crippen LogP contribution in [0.2, 0.25) is 0 Å². The van der Waals surface area contributed by atoms with Crippen molar-refractivity contribution in [2.45, 2.75) is 44.2 Å². The number of nitrogens with zero attached hydrogens (tertiary/aromatic N) is 1. The summed E-state index contributed by atoms with van der Waals surface area (Å²) in [5.41, 5.74) is 0. The van der Waals surface area contributed by atoms with Crippen molar-refractivity contribution in [3.05, 3.63) is 0 Å². The summed E-state index contributed by atoms with van der Waals surface area (Å²) < 4.78 is 0. The topological polar surface area (TPSA) is 44.4 Å². The molecule has 0 spiro atoms. The fourth-order valence-electron chi connectivity index (χ4n) is 2.64. The van der Waals surface area contributed by atoms with Crippen molar-refractivity contribution in [2.24, 2.45) is 0 Å². The molecule has 1 saturated heterocycles. The first-order valence-electron chi connectivity index (χ1n) is 6.48. The fraction of sp³-hybridized carbons (Fsp3) is 0.917. The Kier molecular flexibility index (Phi) is 4.18. The average Bonchev–Trinajstić information content (AvgIpc) is 2.31. The Labute approximate surface area is 97.8 Å². The number of rotatable bonds is 2. The molecule has 1 atom stereocenters. The third kappa shape index (κ3) is 2.95. The Balaban J connectivity index is 1.81. The predicted molar refractivity (Wildman–Crippen MR) is 64.3 cm³/mol.